The van der Waals surface area contributed by atoms with Crippen molar-refractivity contribution in [1.82, 2.24) is 4.90 Å². The molecular formula is C20H29FN2O. The molecule has 1 aliphatic heterocycles. The second-order valence-corrected chi connectivity index (χ2v) is 7.56. The highest BCUT2D eigenvalue weighted by Gasteiger charge is 2.26. The average Bonchev–Trinajstić information content (AvgIpc) is 2.62. The minimum atomic E-state index is -0.287. The smallest absolute Gasteiger partial charge is 0.166 e. The molecule has 1 saturated carbocycles. The molecule has 2 aliphatic rings. The molecule has 2 N–H and O–H groups in total. The summed E-state index contributed by atoms with van der Waals surface area (Å²) in [5.74, 6) is 0.823. The highest BCUT2D eigenvalue weighted by molar-refractivity contribution is 5.97. The maximum absolute atomic E-state index is 13.0. The van der Waals surface area contributed by atoms with Crippen LogP contribution in [0.15, 0.2) is 24.3 Å². The molecule has 132 valence electrons. The van der Waals surface area contributed by atoms with Crippen LogP contribution in [0, 0.1) is 17.7 Å². The predicted octanol–water partition coefficient (Wildman–Crippen LogP) is 3.63. The summed E-state index contributed by atoms with van der Waals surface area (Å²) in [5, 5.41) is 0. The molecule has 1 aromatic rings. The molecule has 0 amide bonds. The van der Waals surface area contributed by atoms with Gasteiger partial charge in [-0.3, -0.25) is 4.79 Å². The number of ketones is 1. The lowest BCUT2D eigenvalue weighted by Crippen LogP contribution is -2.38. The number of carbonyl (C=O) groups is 1. The van der Waals surface area contributed by atoms with Crippen LogP contribution in [0.5, 0.6) is 0 Å². The van der Waals surface area contributed by atoms with Crippen molar-refractivity contribution in [3.05, 3.63) is 35.6 Å². The van der Waals surface area contributed by atoms with Gasteiger partial charge >= 0.3 is 0 Å². The van der Waals surface area contributed by atoms with Gasteiger partial charge in [0.1, 0.15) is 5.82 Å². The van der Waals surface area contributed by atoms with Gasteiger partial charge in [0.25, 0.3) is 0 Å². The molecule has 1 heterocycles. The number of piperidine rings is 1. The summed E-state index contributed by atoms with van der Waals surface area (Å²) in [6.45, 7) is 3.16. The van der Waals surface area contributed by atoms with E-state index in [2.05, 4.69) is 4.90 Å². The summed E-state index contributed by atoms with van der Waals surface area (Å²) in [7, 11) is 0. The van der Waals surface area contributed by atoms with E-state index >= 15 is 0 Å². The number of rotatable bonds is 5. The Kier molecular flexibility index (Phi) is 6.01. The molecule has 3 nitrogen and oxygen atoms in total. The number of nitrogens with zero attached hydrogens (tertiary/aromatic N) is 1. The molecule has 0 radical (unpaired) electrons. The fraction of sp³-hybridized carbons (Fsp3) is 0.650. The van der Waals surface area contributed by atoms with Crippen molar-refractivity contribution in [2.75, 3.05) is 19.6 Å². The number of hydrogen-bond acceptors (Lipinski definition) is 3. The Morgan fingerprint density at radius 2 is 1.67 bits per heavy atom. The largest absolute Gasteiger partial charge is 0.328 e. The van der Waals surface area contributed by atoms with Crippen LogP contribution in [0.3, 0.4) is 0 Å². The number of hydrogen-bond donors (Lipinski definition) is 1. The van der Waals surface area contributed by atoms with E-state index in [4.69, 9.17) is 5.73 Å². The van der Waals surface area contributed by atoms with Crippen LogP contribution in [0.2, 0.25) is 0 Å². The summed E-state index contributed by atoms with van der Waals surface area (Å²) in [4.78, 5) is 15.0. The second-order valence-electron chi connectivity index (χ2n) is 7.56. The lowest BCUT2D eigenvalue weighted by atomic mass is 9.84. The molecule has 4 heteroatoms. The Morgan fingerprint density at radius 3 is 2.29 bits per heavy atom. The zero-order valence-corrected chi connectivity index (χ0v) is 14.4. The van der Waals surface area contributed by atoms with Gasteiger partial charge < -0.3 is 10.6 Å². The zero-order chi connectivity index (χ0) is 16.9. The van der Waals surface area contributed by atoms with Crippen LogP contribution in [0.4, 0.5) is 4.39 Å². The summed E-state index contributed by atoms with van der Waals surface area (Å²) < 4.78 is 13.0. The van der Waals surface area contributed by atoms with Crippen molar-refractivity contribution in [1.29, 1.82) is 0 Å². The lowest BCUT2D eigenvalue weighted by molar-refractivity contribution is 0.0833. The first-order valence-electron chi connectivity index (χ1n) is 9.39. The van der Waals surface area contributed by atoms with Gasteiger partial charge in [0.2, 0.25) is 0 Å². The topological polar surface area (TPSA) is 46.3 Å². The van der Waals surface area contributed by atoms with Crippen LogP contribution < -0.4 is 5.73 Å². The fourth-order valence-corrected chi connectivity index (χ4v) is 4.11. The third-order valence-corrected chi connectivity index (χ3v) is 5.83. The molecule has 0 spiro atoms. The lowest BCUT2D eigenvalue weighted by Gasteiger charge is -2.33. The summed E-state index contributed by atoms with van der Waals surface area (Å²) in [6.07, 6.45) is 8.03. The number of Topliss-reactive ketones (excluding diaryl/α,β-unsaturated/α-hetero) is 1. The summed E-state index contributed by atoms with van der Waals surface area (Å²) >= 11 is 0. The highest BCUT2D eigenvalue weighted by atomic mass is 19.1. The van der Waals surface area contributed by atoms with Crippen LogP contribution >= 0.6 is 0 Å². The Hall–Kier alpha value is -1.26. The molecular weight excluding hydrogens is 303 g/mol. The molecule has 1 aromatic carbocycles. The third kappa shape index (κ3) is 4.64. The van der Waals surface area contributed by atoms with E-state index < -0.39 is 0 Å². The van der Waals surface area contributed by atoms with E-state index in [1.165, 1.54) is 44.2 Å². The Morgan fingerprint density at radius 1 is 1.04 bits per heavy atom. The number of benzene rings is 1. The van der Waals surface area contributed by atoms with Gasteiger partial charge in [0.15, 0.2) is 5.78 Å². The zero-order valence-electron chi connectivity index (χ0n) is 14.4. The quantitative estimate of drug-likeness (QED) is 0.838. The monoisotopic (exact) mass is 332 g/mol. The highest BCUT2D eigenvalue weighted by Crippen LogP contribution is 2.27. The molecule has 3 rings (SSSR count). The van der Waals surface area contributed by atoms with Gasteiger partial charge in [-0.2, -0.15) is 0 Å². The summed E-state index contributed by atoms with van der Waals surface area (Å²) in [6, 6.07) is 6.39. The average molecular weight is 332 g/mol. The minimum Gasteiger partial charge on any atom is -0.328 e. The van der Waals surface area contributed by atoms with Gasteiger partial charge in [-0.1, -0.05) is 0 Å². The van der Waals surface area contributed by atoms with E-state index in [1.54, 1.807) is 12.1 Å². The van der Waals surface area contributed by atoms with E-state index in [9.17, 15) is 9.18 Å². The van der Waals surface area contributed by atoms with E-state index in [0.29, 0.717) is 11.6 Å². The van der Waals surface area contributed by atoms with Gasteiger partial charge in [-0.25, -0.2) is 4.39 Å². The molecule has 1 aliphatic carbocycles. The van der Waals surface area contributed by atoms with Gasteiger partial charge in [-0.15, -0.1) is 0 Å². The first kappa shape index (κ1) is 17.6. The molecule has 0 bridgehead atoms. The summed E-state index contributed by atoms with van der Waals surface area (Å²) in [5.41, 5.74) is 6.62. The molecule has 1 saturated heterocycles. The predicted molar refractivity (Wildman–Crippen MR) is 94.4 cm³/mol. The number of carbonyl (C=O) groups excluding carboxylic acids is 1. The van der Waals surface area contributed by atoms with Crippen molar-refractivity contribution in [2.45, 2.75) is 51.0 Å². The first-order valence-corrected chi connectivity index (χ1v) is 9.39. The maximum Gasteiger partial charge on any atom is 0.166 e. The number of halogens is 1. The van der Waals surface area contributed by atoms with Gasteiger partial charge in [0.05, 0.1) is 0 Å². The first-order chi connectivity index (χ1) is 11.6. The van der Waals surface area contributed by atoms with E-state index in [-0.39, 0.29) is 17.5 Å². The standard InChI is InChI=1S/C20H29FN2O/c21-18-5-3-16(4-6-18)20(24)17-10-13-23(14-11-17)12-9-15-1-7-19(22)8-2-15/h3-6,15,17,19H,1-2,7-14,22H2/t15-,19-. The number of nitrogens with two attached hydrogens (primary N) is 1. The Bertz CT molecular complexity index is 529. The van der Waals surface area contributed by atoms with Crippen molar-refractivity contribution >= 4 is 5.78 Å². The Labute approximate surface area is 144 Å². The maximum atomic E-state index is 13.0. The van der Waals surface area contributed by atoms with Crippen LogP contribution in [-0.4, -0.2) is 36.4 Å². The van der Waals surface area contributed by atoms with Crippen molar-refractivity contribution in [3.63, 3.8) is 0 Å². The molecule has 0 aromatic heterocycles. The molecule has 0 atom stereocenters. The third-order valence-electron chi connectivity index (χ3n) is 5.83. The van der Waals surface area contributed by atoms with E-state index in [0.717, 1.165) is 38.4 Å². The minimum absolute atomic E-state index is 0.0967. The van der Waals surface area contributed by atoms with Crippen molar-refractivity contribution in [3.8, 4) is 0 Å². The Balaban J connectivity index is 1.40. The molecule has 0 unspecified atom stereocenters. The number of likely N-dealkylation sites (tertiary alicyclic amines) is 1. The van der Waals surface area contributed by atoms with Gasteiger partial charge in [0, 0.05) is 17.5 Å². The normalized spacial score (nSPS) is 26.4. The fourth-order valence-electron chi connectivity index (χ4n) is 4.11. The van der Waals surface area contributed by atoms with Crippen LogP contribution in [-0.2, 0) is 0 Å². The molecule has 2 fully saturated rings. The van der Waals surface area contributed by atoms with Crippen molar-refractivity contribution < 1.29 is 9.18 Å². The van der Waals surface area contributed by atoms with Crippen molar-refractivity contribution in [2.24, 2.45) is 17.6 Å². The van der Waals surface area contributed by atoms with Crippen LogP contribution in [0.25, 0.3) is 0 Å². The van der Waals surface area contributed by atoms with Crippen LogP contribution in [0.1, 0.15) is 55.3 Å². The molecule has 24 heavy (non-hydrogen) atoms. The SMILES string of the molecule is N[C@H]1CC[C@H](CCN2CCC(C(=O)c3ccc(F)cc3)CC2)CC1. The van der Waals surface area contributed by atoms with E-state index in [1.807, 2.05) is 0 Å². The second kappa shape index (κ2) is 8.21. The van der Waals surface area contributed by atoms with Gasteiger partial charge in [-0.05, 0) is 94.8 Å².